The Morgan fingerprint density at radius 2 is 1.67 bits per heavy atom. The van der Waals surface area contributed by atoms with Crippen LogP contribution in [0.3, 0.4) is 0 Å². The molecule has 2 heterocycles. The minimum atomic E-state index is -0.0446. The Kier molecular flexibility index (Phi) is 4.67. The van der Waals surface area contributed by atoms with Gasteiger partial charge in [-0.3, -0.25) is 14.5 Å². The molecular weight excluding hydrogens is 250 g/mol. The summed E-state index contributed by atoms with van der Waals surface area (Å²) in [4.78, 5) is 25.5. The van der Waals surface area contributed by atoms with E-state index in [9.17, 15) is 9.59 Å². The van der Waals surface area contributed by atoms with Crippen molar-refractivity contribution in [2.45, 2.75) is 38.5 Å². The van der Waals surface area contributed by atoms with Crippen molar-refractivity contribution in [2.75, 3.05) is 25.5 Å². The molecule has 0 aromatic carbocycles. The molecule has 0 aromatic heterocycles. The van der Waals surface area contributed by atoms with Crippen molar-refractivity contribution in [1.29, 1.82) is 0 Å². The average Bonchev–Trinajstić information content (AvgIpc) is 2.55. The fraction of sp³-hybridized carbons (Fsp3) is 0.846. The lowest BCUT2D eigenvalue weighted by Gasteiger charge is -2.39. The summed E-state index contributed by atoms with van der Waals surface area (Å²) in [5, 5.41) is 0. The van der Waals surface area contributed by atoms with Crippen LogP contribution in [0.4, 0.5) is 0 Å². The summed E-state index contributed by atoms with van der Waals surface area (Å²) in [6, 6.07) is 0. The number of ether oxygens (including phenoxy) is 1. The van der Waals surface area contributed by atoms with Gasteiger partial charge < -0.3 is 4.74 Å². The molecule has 5 heteroatoms. The first-order valence-corrected chi connectivity index (χ1v) is 7.32. The van der Waals surface area contributed by atoms with Crippen molar-refractivity contribution >= 4 is 24.4 Å². The standard InChI is InChI=1S/C13H21NO3S/c15-11-3-1-2-4-12(16)14(11)9-13(10-18)5-7-17-8-6-13/h18H,1-10H2. The van der Waals surface area contributed by atoms with Crippen LogP contribution in [0.1, 0.15) is 38.5 Å². The highest BCUT2D eigenvalue weighted by Gasteiger charge is 2.37. The largest absolute Gasteiger partial charge is 0.381 e. The number of likely N-dealkylation sites (tertiary alicyclic amines) is 1. The van der Waals surface area contributed by atoms with E-state index < -0.39 is 0 Å². The van der Waals surface area contributed by atoms with E-state index in [-0.39, 0.29) is 17.2 Å². The molecule has 2 aliphatic heterocycles. The maximum Gasteiger partial charge on any atom is 0.229 e. The number of rotatable bonds is 3. The molecule has 0 N–H and O–H groups in total. The van der Waals surface area contributed by atoms with E-state index in [0.29, 0.717) is 38.4 Å². The van der Waals surface area contributed by atoms with E-state index in [2.05, 4.69) is 12.6 Å². The number of thiol groups is 1. The summed E-state index contributed by atoms with van der Waals surface area (Å²) >= 11 is 4.43. The first kappa shape index (κ1) is 13.9. The number of amides is 2. The Hall–Kier alpha value is -0.550. The van der Waals surface area contributed by atoms with Crippen molar-refractivity contribution in [2.24, 2.45) is 5.41 Å². The molecule has 0 radical (unpaired) electrons. The van der Waals surface area contributed by atoms with Gasteiger partial charge in [0.05, 0.1) is 0 Å². The van der Waals surface area contributed by atoms with Gasteiger partial charge in [0.1, 0.15) is 0 Å². The fourth-order valence-corrected chi connectivity index (χ4v) is 3.06. The van der Waals surface area contributed by atoms with Crippen LogP contribution in [-0.4, -0.2) is 42.2 Å². The van der Waals surface area contributed by atoms with Crippen LogP contribution in [-0.2, 0) is 14.3 Å². The van der Waals surface area contributed by atoms with Crippen molar-refractivity contribution in [3.8, 4) is 0 Å². The molecule has 2 saturated heterocycles. The van der Waals surface area contributed by atoms with E-state index in [1.807, 2.05) is 0 Å². The predicted octanol–water partition coefficient (Wildman–Crippen LogP) is 1.64. The van der Waals surface area contributed by atoms with Gasteiger partial charge in [0.15, 0.2) is 0 Å². The maximum atomic E-state index is 12.0. The smallest absolute Gasteiger partial charge is 0.229 e. The molecule has 2 rings (SSSR count). The van der Waals surface area contributed by atoms with E-state index in [4.69, 9.17) is 4.74 Å². The Labute approximate surface area is 113 Å². The number of imide groups is 1. The first-order chi connectivity index (χ1) is 8.67. The quantitative estimate of drug-likeness (QED) is 0.627. The van der Waals surface area contributed by atoms with Crippen molar-refractivity contribution in [3.05, 3.63) is 0 Å². The van der Waals surface area contributed by atoms with Crippen LogP contribution in [0, 0.1) is 5.41 Å². The Morgan fingerprint density at radius 3 is 2.17 bits per heavy atom. The Bertz CT molecular complexity index is 308. The highest BCUT2D eigenvalue weighted by Crippen LogP contribution is 2.33. The Morgan fingerprint density at radius 1 is 1.11 bits per heavy atom. The van der Waals surface area contributed by atoms with Gasteiger partial charge in [0.25, 0.3) is 0 Å². The van der Waals surface area contributed by atoms with Gasteiger partial charge in [-0.2, -0.15) is 12.6 Å². The number of hydrogen-bond acceptors (Lipinski definition) is 4. The second-order valence-corrected chi connectivity index (χ2v) is 5.67. The van der Waals surface area contributed by atoms with E-state index in [1.54, 1.807) is 0 Å². The van der Waals surface area contributed by atoms with Gasteiger partial charge in [0, 0.05) is 38.0 Å². The van der Waals surface area contributed by atoms with Crippen LogP contribution >= 0.6 is 12.6 Å². The SMILES string of the molecule is O=C1CCCCC(=O)N1CC1(CS)CCOCC1. The third-order valence-electron chi connectivity index (χ3n) is 4.02. The summed E-state index contributed by atoms with van der Waals surface area (Å²) in [7, 11) is 0. The van der Waals surface area contributed by atoms with Crippen LogP contribution in [0.15, 0.2) is 0 Å². The summed E-state index contributed by atoms with van der Waals surface area (Å²) in [6.45, 7) is 1.94. The molecule has 0 spiro atoms. The predicted molar refractivity (Wildman–Crippen MR) is 71.5 cm³/mol. The van der Waals surface area contributed by atoms with Gasteiger partial charge in [0.2, 0.25) is 11.8 Å². The average molecular weight is 271 g/mol. The minimum Gasteiger partial charge on any atom is -0.381 e. The van der Waals surface area contributed by atoms with Gasteiger partial charge >= 0.3 is 0 Å². The van der Waals surface area contributed by atoms with Crippen molar-refractivity contribution in [1.82, 2.24) is 4.90 Å². The molecule has 0 aliphatic carbocycles. The fourth-order valence-electron chi connectivity index (χ4n) is 2.64. The molecule has 18 heavy (non-hydrogen) atoms. The van der Waals surface area contributed by atoms with E-state index >= 15 is 0 Å². The van der Waals surface area contributed by atoms with Crippen molar-refractivity contribution < 1.29 is 14.3 Å². The zero-order valence-corrected chi connectivity index (χ0v) is 11.6. The monoisotopic (exact) mass is 271 g/mol. The summed E-state index contributed by atoms with van der Waals surface area (Å²) < 4.78 is 5.37. The number of hydrogen-bond donors (Lipinski definition) is 1. The lowest BCUT2D eigenvalue weighted by Crippen LogP contribution is -2.47. The second-order valence-electron chi connectivity index (χ2n) is 5.35. The van der Waals surface area contributed by atoms with Gasteiger partial charge in [-0.15, -0.1) is 0 Å². The molecule has 2 amide bonds. The molecule has 2 fully saturated rings. The van der Waals surface area contributed by atoms with Gasteiger partial charge in [-0.1, -0.05) is 0 Å². The van der Waals surface area contributed by atoms with Crippen molar-refractivity contribution in [3.63, 3.8) is 0 Å². The Balaban J connectivity index is 2.08. The second kappa shape index (κ2) is 6.06. The molecule has 4 nitrogen and oxygen atoms in total. The zero-order valence-electron chi connectivity index (χ0n) is 10.7. The molecule has 0 aromatic rings. The van der Waals surface area contributed by atoms with E-state index in [1.165, 1.54) is 4.90 Å². The summed E-state index contributed by atoms with van der Waals surface area (Å²) in [5.41, 5.74) is -0.0446. The molecular formula is C13H21NO3S. The van der Waals surface area contributed by atoms with Crippen LogP contribution in [0.5, 0.6) is 0 Å². The number of nitrogens with zero attached hydrogens (tertiary/aromatic N) is 1. The molecule has 0 bridgehead atoms. The van der Waals surface area contributed by atoms with Crippen LogP contribution in [0.25, 0.3) is 0 Å². The maximum absolute atomic E-state index is 12.0. The zero-order chi connectivity index (χ0) is 13.0. The summed E-state index contributed by atoms with van der Waals surface area (Å²) in [6.07, 6.45) is 4.44. The number of carbonyl (C=O) groups is 2. The third kappa shape index (κ3) is 3.06. The molecule has 0 unspecified atom stereocenters. The number of carbonyl (C=O) groups excluding carboxylic acids is 2. The molecule has 2 aliphatic rings. The normalized spacial score (nSPS) is 25.1. The van der Waals surface area contributed by atoms with Crippen LogP contribution in [0.2, 0.25) is 0 Å². The highest BCUT2D eigenvalue weighted by atomic mass is 32.1. The topological polar surface area (TPSA) is 46.6 Å². The lowest BCUT2D eigenvalue weighted by molar-refractivity contribution is -0.146. The highest BCUT2D eigenvalue weighted by molar-refractivity contribution is 7.80. The summed E-state index contributed by atoms with van der Waals surface area (Å²) in [5.74, 6) is 0.684. The van der Waals surface area contributed by atoms with Crippen LogP contribution < -0.4 is 0 Å². The molecule has 102 valence electrons. The molecule has 0 atom stereocenters. The minimum absolute atomic E-state index is 0.00912. The van der Waals surface area contributed by atoms with Gasteiger partial charge in [-0.25, -0.2) is 0 Å². The molecule has 0 saturated carbocycles. The lowest BCUT2D eigenvalue weighted by atomic mass is 9.81. The first-order valence-electron chi connectivity index (χ1n) is 6.69. The van der Waals surface area contributed by atoms with Gasteiger partial charge in [-0.05, 0) is 31.4 Å². The van der Waals surface area contributed by atoms with E-state index in [0.717, 1.165) is 25.7 Å². The third-order valence-corrected chi connectivity index (χ3v) is 4.69.